The number of carbonyl (C=O) groups is 1. The number of rotatable bonds is 1. The van der Waals surface area contributed by atoms with E-state index in [1.54, 1.807) is 18.2 Å². The quantitative estimate of drug-likeness (QED) is 0.409. The fourth-order valence-corrected chi connectivity index (χ4v) is 1.62. The van der Waals surface area contributed by atoms with Crippen LogP contribution in [0, 0.1) is 0 Å². The van der Waals surface area contributed by atoms with Crippen LogP contribution in [0.15, 0.2) is 23.4 Å². The van der Waals surface area contributed by atoms with Crippen molar-refractivity contribution < 1.29 is 14.7 Å². The molecular weight excluding hydrogens is 196 g/mol. The fraction of sp³-hybridized carbons (Fsp3) is 0.200. The van der Waals surface area contributed by atoms with Gasteiger partial charge in [0.05, 0.1) is 24.9 Å². The molecule has 15 heavy (non-hydrogen) atoms. The molecule has 5 heteroatoms. The molecule has 1 heterocycles. The van der Waals surface area contributed by atoms with Crippen LogP contribution in [0.3, 0.4) is 0 Å². The van der Waals surface area contributed by atoms with E-state index in [9.17, 15) is 4.79 Å². The van der Waals surface area contributed by atoms with Gasteiger partial charge in [0.15, 0.2) is 0 Å². The van der Waals surface area contributed by atoms with Gasteiger partial charge in [0, 0.05) is 5.56 Å². The molecule has 0 unspecified atom stereocenters. The van der Waals surface area contributed by atoms with Crippen molar-refractivity contribution in [1.29, 1.82) is 0 Å². The Hall–Kier alpha value is -2.04. The third-order valence-corrected chi connectivity index (χ3v) is 2.33. The van der Waals surface area contributed by atoms with Crippen molar-refractivity contribution in [2.75, 3.05) is 19.0 Å². The predicted molar refractivity (Wildman–Crippen MR) is 54.6 cm³/mol. The summed E-state index contributed by atoms with van der Waals surface area (Å²) in [5, 5.41) is 14.9. The lowest BCUT2D eigenvalue weighted by atomic mass is 10.1. The highest BCUT2D eigenvalue weighted by Crippen LogP contribution is 2.27. The number of nitrogens with zero attached hydrogens (tertiary/aromatic N) is 1. The number of carbonyl (C=O) groups excluding carboxylic acids is 1. The largest absolute Gasteiger partial charge is 0.465 e. The topological polar surface area (TPSA) is 70.9 Å². The van der Waals surface area contributed by atoms with Crippen molar-refractivity contribution in [1.82, 2.24) is 0 Å². The average molecular weight is 206 g/mol. The minimum atomic E-state index is -0.404. The lowest BCUT2D eigenvalue weighted by Gasteiger charge is -2.05. The van der Waals surface area contributed by atoms with E-state index in [0.717, 1.165) is 5.56 Å². The molecule has 0 radical (unpaired) electrons. The number of hydrogen-bond acceptors (Lipinski definition) is 5. The molecule has 1 aromatic carbocycles. The maximum Gasteiger partial charge on any atom is 0.339 e. The van der Waals surface area contributed by atoms with Crippen LogP contribution in [-0.4, -0.2) is 30.5 Å². The van der Waals surface area contributed by atoms with Crippen molar-refractivity contribution in [3.8, 4) is 0 Å². The Morgan fingerprint density at radius 3 is 3.07 bits per heavy atom. The molecule has 5 nitrogen and oxygen atoms in total. The van der Waals surface area contributed by atoms with E-state index >= 15 is 0 Å². The number of para-hydroxylation sites is 1. The van der Waals surface area contributed by atoms with Gasteiger partial charge in [-0.15, -0.1) is 0 Å². The number of benzene rings is 1. The number of oxime groups is 1. The highest BCUT2D eigenvalue weighted by Gasteiger charge is 2.23. The molecule has 0 fully saturated rings. The maximum absolute atomic E-state index is 11.4. The van der Waals surface area contributed by atoms with Crippen molar-refractivity contribution >= 4 is 17.4 Å². The first kappa shape index (κ1) is 9.51. The molecule has 0 aromatic heterocycles. The van der Waals surface area contributed by atoms with Gasteiger partial charge in [-0.05, 0) is 6.07 Å². The van der Waals surface area contributed by atoms with Crippen molar-refractivity contribution in [2.24, 2.45) is 5.16 Å². The molecule has 0 spiro atoms. The van der Waals surface area contributed by atoms with E-state index in [1.807, 2.05) is 0 Å². The Labute approximate surface area is 86.4 Å². The first-order chi connectivity index (χ1) is 7.27. The van der Waals surface area contributed by atoms with Crippen LogP contribution in [0.4, 0.5) is 5.69 Å². The van der Waals surface area contributed by atoms with E-state index in [0.29, 0.717) is 23.5 Å². The summed E-state index contributed by atoms with van der Waals surface area (Å²) in [4.78, 5) is 11.4. The third-order valence-electron chi connectivity index (χ3n) is 2.33. The van der Waals surface area contributed by atoms with E-state index in [2.05, 4.69) is 15.2 Å². The Morgan fingerprint density at radius 2 is 2.40 bits per heavy atom. The van der Waals surface area contributed by atoms with Crippen molar-refractivity contribution in [2.45, 2.75) is 0 Å². The molecule has 1 aliphatic heterocycles. The third kappa shape index (κ3) is 1.41. The number of anilines is 1. The summed E-state index contributed by atoms with van der Waals surface area (Å²) in [6, 6.07) is 5.18. The van der Waals surface area contributed by atoms with Gasteiger partial charge >= 0.3 is 5.97 Å². The second-order valence-electron chi connectivity index (χ2n) is 3.12. The summed E-state index contributed by atoms with van der Waals surface area (Å²) < 4.78 is 4.65. The summed E-state index contributed by atoms with van der Waals surface area (Å²) in [7, 11) is 1.33. The van der Waals surface area contributed by atoms with Gasteiger partial charge in [-0.2, -0.15) is 0 Å². The summed E-state index contributed by atoms with van der Waals surface area (Å²) in [6.45, 7) is 0.417. The zero-order chi connectivity index (χ0) is 10.8. The first-order valence-electron chi connectivity index (χ1n) is 4.44. The zero-order valence-electron chi connectivity index (χ0n) is 8.15. The predicted octanol–water partition coefficient (Wildman–Crippen LogP) is 1.08. The minimum Gasteiger partial charge on any atom is -0.465 e. The molecule has 2 N–H and O–H groups in total. The second-order valence-corrected chi connectivity index (χ2v) is 3.12. The van der Waals surface area contributed by atoms with Crippen molar-refractivity contribution in [3.05, 3.63) is 29.3 Å². The van der Waals surface area contributed by atoms with Crippen LogP contribution in [0.25, 0.3) is 0 Å². The van der Waals surface area contributed by atoms with Gasteiger partial charge in [-0.25, -0.2) is 4.79 Å². The van der Waals surface area contributed by atoms with Crippen LogP contribution < -0.4 is 5.32 Å². The van der Waals surface area contributed by atoms with Crippen LogP contribution in [0.5, 0.6) is 0 Å². The molecule has 0 aliphatic carbocycles. The van der Waals surface area contributed by atoms with E-state index < -0.39 is 5.97 Å². The summed E-state index contributed by atoms with van der Waals surface area (Å²) in [6.07, 6.45) is 0. The highest BCUT2D eigenvalue weighted by atomic mass is 16.5. The molecule has 1 aliphatic rings. The van der Waals surface area contributed by atoms with Crippen LogP contribution in [-0.2, 0) is 4.74 Å². The number of ether oxygens (including phenoxy) is 1. The van der Waals surface area contributed by atoms with Crippen LogP contribution >= 0.6 is 0 Å². The lowest BCUT2D eigenvalue weighted by molar-refractivity contribution is 0.0602. The molecule has 0 amide bonds. The average Bonchev–Trinajstić information content (AvgIpc) is 2.70. The molecule has 1 aromatic rings. The number of fused-ring (bicyclic) bond motifs is 1. The smallest absolute Gasteiger partial charge is 0.339 e. The van der Waals surface area contributed by atoms with E-state index in [4.69, 9.17) is 5.21 Å². The van der Waals surface area contributed by atoms with Gasteiger partial charge in [0.2, 0.25) is 0 Å². The van der Waals surface area contributed by atoms with Gasteiger partial charge in [-0.3, -0.25) is 0 Å². The van der Waals surface area contributed by atoms with E-state index in [-0.39, 0.29) is 0 Å². The van der Waals surface area contributed by atoms with Gasteiger partial charge in [-0.1, -0.05) is 17.3 Å². The normalized spacial score (nSPS) is 15.9. The minimum absolute atomic E-state index is 0.404. The number of nitrogens with one attached hydrogen (secondary N) is 1. The molecule has 2 rings (SSSR count). The summed E-state index contributed by atoms with van der Waals surface area (Å²) in [5.74, 6) is -0.404. The Balaban J connectivity index is 2.54. The molecule has 0 bridgehead atoms. The Morgan fingerprint density at radius 1 is 1.60 bits per heavy atom. The van der Waals surface area contributed by atoms with Gasteiger partial charge in [0.1, 0.15) is 5.71 Å². The lowest BCUT2D eigenvalue weighted by Crippen LogP contribution is -2.05. The summed E-state index contributed by atoms with van der Waals surface area (Å²) in [5.41, 5.74) is 2.38. The van der Waals surface area contributed by atoms with Crippen molar-refractivity contribution in [3.63, 3.8) is 0 Å². The highest BCUT2D eigenvalue weighted by molar-refractivity contribution is 6.15. The number of esters is 1. The van der Waals surface area contributed by atoms with Gasteiger partial charge < -0.3 is 15.3 Å². The molecule has 0 atom stereocenters. The monoisotopic (exact) mass is 206 g/mol. The van der Waals surface area contributed by atoms with E-state index in [1.165, 1.54) is 7.11 Å². The van der Waals surface area contributed by atoms with Crippen LogP contribution in [0.1, 0.15) is 15.9 Å². The number of methoxy groups -OCH3 is 1. The Bertz CT molecular complexity index is 440. The van der Waals surface area contributed by atoms with Gasteiger partial charge in [0.25, 0.3) is 0 Å². The first-order valence-corrected chi connectivity index (χ1v) is 4.44. The summed E-state index contributed by atoms with van der Waals surface area (Å²) >= 11 is 0. The van der Waals surface area contributed by atoms with Crippen LogP contribution in [0.2, 0.25) is 0 Å². The molecule has 0 saturated heterocycles. The molecular formula is C10H10N2O3. The maximum atomic E-state index is 11.4. The SMILES string of the molecule is COC(=O)c1cccc2c1NC/C2=N\O. The Kier molecular flexibility index (Phi) is 2.29. The number of hydrogen-bond donors (Lipinski definition) is 2. The second kappa shape index (κ2) is 3.61. The standard InChI is InChI=1S/C10H10N2O3/c1-15-10(13)7-4-2-3-6-8(12-14)5-11-9(6)7/h2-4,11,14H,5H2,1H3/b12-8+. The zero-order valence-corrected chi connectivity index (χ0v) is 8.15. The molecule has 0 saturated carbocycles. The molecule has 78 valence electrons. The fourth-order valence-electron chi connectivity index (χ4n) is 1.62.